The number of carbonyl (C=O) groups is 1. The van der Waals surface area contributed by atoms with E-state index in [2.05, 4.69) is 4.74 Å². The molecule has 0 aliphatic carbocycles. The van der Waals surface area contributed by atoms with Crippen molar-refractivity contribution in [2.75, 3.05) is 0 Å². The number of halogens is 1. The van der Waals surface area contributed by atoms with Gasteiger partial charge in [0.25, 0.3) is 0 Å². The average molecular weight is 119 g/mol. The highest BCUT2D eigenvalue weighted by Gasteiger charge is 1.99. The van der Waals surface area contributed by atoms with Gasteiger partial charge in [0, 0.05) is 6.92 Å². The normalized spacial score (nSPS) is 12.9. The number of hydrogen-bond donors (Lipinski definition) is 0. The van der Waals surface area contributed by atoms with E-state index in [9.17, 15) is 9.18 Å². The van der Waals surface area contributed by atoms with Gasteiger partial charge in [-0.1, -0.05) is 0 Å². The van der Waals surface area contributed by atoms with E-state index < -0.39 is 12.1 Å². The molecule has 0 aromatic heterocycles. The van der Waals surface area contributed by atoms with Crippen LogP contribution < -0.4 is 0 Å². The van der Waals surface area contributed by atoms with Crippen molar-refractivity contribution in [3.8, 4) is 0 Å². The molecule has 0 rings (SSSR count). The molecule has 0 saturated carbocycles. The quantitative estimate of drug-likeness (QED) is 0.508. The topological polar surface area (TPSA) is 26.3 Å². The molecule has 0 bridgehead atoms. The highest BCUT2D eigenvalue weighted by molar-refractivity contribution is 5.66. The van der Waals surface area contributed by atoms with Crippen molar-refractivity contribution in [1.29, 1.82) is 0 Å². The fourth-order valence-electron chi connectivity index (χ4n) is 0.190. The molecule has 47 valence electrons. The van der Waals surface area contributed by atoms with Gasteiger partial charge in [-0.15, -0.1) is 0 Å². The van der Waals surface area contributed by atoms with E-state index in [1.165, 1.54) is 13.8 Å². The van der Waals surface area contributed by atoms with E-state index in [0.717, 1.165) is 6.61 Å². The van der Waals surface area contributed by atoms with Crippen molar-refractivity contribution in [2.24, 2.45) is 0 Å². The maximum Gasteiger partial charge on any atom is 0.303 e. The molecular weight excluding hydrogens is 111 g/mol. The van der Waals surface area contributed by atoms with Crippen LogP contribution in [0.25, 0.3) is 0 Å². The average Bonchev–Trinajstić information content (AvgIpc) is 1.61. The zero-order valence-corrected chi connectivity index (χ0v) is 4.85. The Balaban J connectivity index is 3.05. The van der Waals surface area contributed by atoms with Crippen LogP contribution in [0.4, 0.5) is 4.39 Å². The van der Waals surface area contributed by atoms with Crippen LogP contribution in [0, 0.1) is 6.61 Å². The van der Waals surface area contributed by atoms with Crippen molar-refractivity contribution in [1.82, 2.24) is 0 Å². The summed E-state index contributed by atoms with van der Waals surface area (Å²) in [6.07, 6.45) is -1.18. The van der Waals surface area contributed by atoms with E-state index in [1.54, 1.807) is 0 Å². The van der Waals surface area contributed by atoms with Gasteiger partial charge in [-0.3, -0.25) is 4.79 Å². The molecule has 1 atom stereocenters. The van der Waals surface area contributed by atoms with Gasteiger partial charge < -0.3 is 4.74 Å². The van der Waals surface area contributed by atoms with Crippen molar-refractivity contribution in [2.45, 2.75) is 20.0 Å². The summed E-state index contributed by atoms with van der Waals surface area (Å²) in [4.78, 5) is 9.93. The van der Waals surface area contributed by atoms with Gasteiger partial charge >= 0.3 is 5.97 Å². The summed E-state index contributed by atoms with van der Waals surface area (Å²) in [6.45, 7) is 3.35. The molecule has 0 spiro atoms. The molecule has 0 fully saturated rings. The molecular formula is C5H8FO2. The number of rotatable bonds is 2. The van der Waals surface area contributed by atoms with Crippen LogP contribution in [0.1, 0.15) is 13.8 Å². The molecule has 0 heterocycles. The maximum atomic E-state index is 11.7. The Morgan fingerprint density at radius 3 is 2.50 bits per heavy atom. The first-order chi connectivity index (χ1) is 3.63. The molecule has 0 N–H and O–H groups in total. The highest BCUT2D eigenvalue weighted by atomic mass is 19.1. The van der Waals surface area contributed by atoms with Gasteiger partial charge in [0.2, 0.25) is 0 Å². The third-order valence-electron chi connectivity index (χ3n) is 0.422. The van der Waals surface area contributed by atoms with Crippen LogP contribution in [0.3, 0.4) is 0 Å². The summed E-state index contributed by atoms with van der Waals surface area (Å²) in [5, 5.41) is 0. The zero-order valence-electron chi connectivity index (χ0n) is 4.85. The third kappa shape index (κ3) is 5.40. The lowest BCUT2D eigenvalue weighted by atomic mass is 10.5. The van der Waals surface area contributed by atoms with Gasteiger partial charge in [-0.25, -0.2) is 4.39 Å². The van der Waals surface area contributed by atoms with Gasteiger partial charge in [0.1, 0.15) is 6.17 Å². The molecule has 0 amide bonds. The Morgan fingerprint density at radius 2 is 2.38 bits per heavy atom. The van der Waals surface area contributed by atoms with Crippen LogP contribution >= 0.6 is 0 Å². The fraction of sp³-hybridized carbons (Fsp3) is 0.600. The number of esters is 1. The number of carbonyl (C=O) groups excluding carboxylic acids is 1. The summed E-state index contributed by atoms with van der Waals surface area (Å²) in [6, 6.07) is 0. The van der Waals surface area contributed by atoms with Gasteiger partial charge in [0.15, 0.2) is 6.61 Å². The Hall–Kier alpha value is -0.600. The molecule has 0 aliphatic rings. The monoisotopic (exact) mass is 119 g/mol. The second-order valence-corrected chi connectivity index (χ2v) is 1.42. The second kappa shape index (κ2) is 3.41. The number of alkyl halides is 1. The summed E-state index contributed by atoms with van der Waals surface area (Å²) >= 11 is 0. The van der Waals surface area contributed by atoms with Gasteiger partial charge in [0.05, 0.1) is 0 Å². The first kappa shape index (κ1) is 7.40. The number of ether oxygens (including phenoxy) is 1. The summed E-state index contributed by atoms with van der Waals surface area (Å²) in [7, 11) is 0. The molecule has 2 nitrogen and oxygen atoms in total. The van der Waals surface area contributed by atoms with Crippen LogP contribution in [0.15, 0.2) is 0 Å². The molecule has 1 radical (unpaired) electrons. The molecule has 0 aromatic carbocycles. The Morgan fingerprint density at radius 1 is 1.88 bits per heavy atom. The Kier molecular flexibility index (Phi) is 3.15. The predicted octanol–water partition coefficient (Wildman–Crippen LogP) is 1.07. The lowest BCUT2D eigenvalue weighted by Gasteiger charge is -1.98. The van der Waals surface area contributed by atoms with E-state index in [4.69, 9.17) is 0 Å². The smallest absolute Gasteiger partial charge is 0.303 e. The first-order valence-electron chi connectivity index (χ1n) is 2.27. The van der Waals surface area contributed by atoms with Crippen LogP contribution in [0.2, 0.25) is 0 Å². The van der Waals surface area contributed by atoms with E-state index in [-0.39, 0.29) is 0 Å². The fourth-order valence-corrected chi connectivity index (χ4v) is 0.190. The second-order valence-electron chi connectivity index (χ2n) is 1.42. The lowest BCUT2D eigenvalue weighted by Crippen LogP contribution is -2.02. The van der Waals surface area contributed by atoms with Crippen molar-refractivity contribution >= 4 is 5.97 Å². The minimum absolute atomic E-state index is 0.491. The van der Waals surface area contributed by atoms with Crippen molar-refractivity contribution < 1.29 is 13.9 Å². The van der Waals surface area contributed by atoms with Gasteiger partial charge in [-0.2, -0.15) is 0 Å². The molecule has 0 aromatic rings. The van der Waals surface area contributed by atoms with Crippen molar-refractivity contribution in [3.63, 3.8) is 0 Å². The van der Waals surface area contributed by atoms with Crippen molar-refractivity contribution in [3.05, 3.63) is 6.61 Å². The zero-order chi connectivity index (χ0) is 6.57. The van der Waals surface area contributed by atoms with E-state index >= 15 is 0 Å². The first-order valence-corrected chi connectivity index (χ1v) is 2.27. The Bertz CT molecular complexity index is 80.5. The van der Waals surface area contributed by atoms with Crippen LogP contribution in [0.5, 0.6) is 0 Å². The standard InChI is InChI=1S/C5H8FO2/c1-4(6)3-8-5(2)7/h3-4H,1-2H3. The summed E-state index contributed by atoms with van der Waals surface area (Å²) in [5.74, 6) is -0.491. The molecule has 0 aliphatic heterocycles. The molecule has 1 unspecified atom stereocenters. The summed E-state index contributed by atoms with van der Waals surface area (Å²) < 4.78 is 15.9. The van der Waals surface area contributed by atoms with Gasteiger partial charge in [-0.05, 0) is 6.92 Å². The molecule has 8 heavy (non-hydrogen) atoms. The van der Waals surface area contributed by atoms with Crippen LogP contribution in [-0.4, -0.2) is 12.1 Å². The molecule has 0 saturated heterocycles. The Labute approximate surface area is 47.6 Å². The SMILES string of the molecule is CC(=O)O[CH]C(C)F. The number of hydrogen-bond acceptors (Lipinski definition) is 2. The van der Waals surface area contributed by atoms with E-state index in [0.29, 0.717) is 0 Å². The molecule has 3 heteroatoms. The minimum Gasteiger partial charge on any atom is -0.455 e. The predicted molar refractivity (Wildman–Crippen MR) is 26.6 cm³/mol. The third-order valence-corrected chi connectivity index (χ3v) is 0.422. The maximum absolute atomic E-state index is 11.7. The highest BCUT2D eigenvalue weighted by Crippen LogP contribution is 1.94. The minimum atomic E-state index is -1.18. The lowest BCUT2D eigenvalue weighted by molar-refractivity contribution is -0.138. The largest absolute Gasteiger partial charge is 0.455 e. The van der Waals surface area contributed by atoms with E-state index in [1.807, 2.05) is 0 Å². The van der Waals surface area contributed by atoms with Crippen LogP contribution in [-0.2, 0) is 9.53 Å². The summed E-state index contributed by atoms with van der Waals surface area (Å²) in [5.41, 5.74) is 0.